The van der Waals surface area contributed by atoms with E-state index in [1.54, 1.807) is 6.08 Å². The van der Waals surface area contributed by atoms with Crippen LogP contribution in [0.25, 0.3) is 0 Å². The Kier molecular flexibility index (Phi) is 9.60. The maximum Gasteiger partial charge on any atom is 0.244 e. The Bertz CT molecular complexity index is 696. The molecule has 8 nitrogen and oxygen atoms in total. The van der Waals surface area contributed by atoms with Crippen molar-refractivity contribution in [1.82, 2.24) is 26.2 Å². The second-order valence-corrected chi connectivity index (χ2v) is 11.0. The molecule has 4 aliphatic rings. The number of carbonyl (C=O) groups is 1. The highest BCUT2D eigenvalue weighted by Crippen LogP contribution is 2.33. The van der Waals surface area contributed by atoms with E-state index in [0.717, 1.165) is 32.3 Å². The largest absolute Gasteiger partial charge is 0.379 e. The molecule has 4 rings (SSSR count). The molecule has 194 valence electrons. The Hall–Kier alpha value is -0.810. The molecule has 10 heteroatoms. The molecular formula is C24H41ClFN5O3. The van der Waals surface area contributed by atoms with Crippen molar-refractivity contribution in [1.29, 1.82) is 0 Å². The lowest BCUT2D eigenvalue weighted by atomic mass is 9.76. The highest BCUT2D eigenvalue weighted by Gasteiger charge is 2.45. The summed E-state index contributed by atoms with van der Waals surface area (Å²) in [5.41, 5.74) is 0. The maximum atomic E-state index is 13.9. The van der Waals surface area contributed by atoms with Crippen LogP contribution in [0.4, 0.5) is 4.39 Å². The van der Waals surface area contributed by atoms with Gasteiger partial charge in [-0.2, -0.15) is 0 Å². The number of hydrogen-bond donors (Lipinski definition) is 4. The number of likely N-dealkylation sites (N-methyl/N-ethyl adjacent to an activating group) is 1. The van der Waals surface area contributed by atoms with Crippen LogP contribution in [0, 0.1) is 5.92 Å². The third-order valence-corrected chi connectivity index (χ3v) is 7.97. The van der Waals surface area contributed by atoms with Crippen LogP contribution in [0.5, 0.6) is 0 Å². The van der Waals surface area contributed by atoms with Crippen LogP contribution in [-0.4, -0.2) is 99.4 Å². The number of hydrogen-bond acceptors (Lipinski definition) is 7. The summed E-state index contributed by atoms with van der Waals surface area (Å²) in [7, 11) is 3.94. The van der Waals surface area contributed by atoms with Crippen LogP contribution >= 0.6 is 11.6 Å². The number of halogens is 2. The molecule has 34 heavy (non-hydrogen) atoms. The summed E-state index contributed by atoms with van der Waals surface area (Å²) in [4.78, 5) is 14.7. The smallest absolute Gasteiger partial charge is 0.244 e. The minimum absolute atomic E-state index is 0.0698. The molecule has 0 spiro atoms. The van der Waals surface area contributed by atoms with Gasteiger partial charge in [-0.25, -0.2) is 4.39 Å². The second-order valence-electron chi connectivity index (χ2n) is 10.5. The summed E-state index contributed by atoms with van der Waals surface area (Å²) in [5.74, 6) is 0.176. The lowest BCUT2D eigenvalue weighted by molar-refractivity contribution is -0.121. The van der Waals surface area contributed by atoms with Gasteiger partial charge in [0, 0.05) is 43.9 Å². The Morgan fingerprint density at radius 3 is 2.82 bits per heavy atom. The van der Waals surface area contributed by atoms with Gasteiger partial charge in [0.2, 0.25) is 5.91 Å². The van der Waals surface area contributed by atoms with Gasteiger partial charge in [0.05, 0.1) is 36.4 Å². The predicted molar refractivity (Wildman–Crippen MR) is 130 cm³/mol. The van der Waals surface area contributed by atoms with Crippen LogP contribution in [0.15, 0.2) is 12.2 Å². The standard InChI is InChI=1S/C24H41ClFN5O3/c1-31(2)8-3-4-23(32)30-21-11-17-20(12-22(21)34-16-7-9-33-13-16)27-14-28-24(17)29-15-5-6-19(26)18(25)10-15/h3-4,15-22,24,27-29H,5-14H2,1-2H3,(H,30,32)/b4-3+. The van der Waals surface area contributed by atoms with E-state index in [9.17, 15) is 9.18 Å². The number of ether oxygens (including phenoxy) is 2. The molecule has 2 saturated carbocycles. The first-order valence-electron chi connectivity index (χ1n) is 12.7. The lowest BCUT2D eigenvalue weighted by Gasteiger charge is -2.49. The Labute approximate surface area is 207 Å². The molecule has 2 heterocycles. The Morgan fingerprint density at radius 1 is 1.24 bits per heavy atom. The second kappa shape index (κ2) is 12.4. The zero-order chi connectivity index (χ0) is 24.1. The maximum absolute atomic E-state index is 13.9. The Balaban J connectivity index is 1.41. The van der Waals surface area contributed by atoms with E-state index >= 15 is 0 Å². The topological polar surface area (TPSA) is 86.9 Å². The van der Waals surface area contributed by atoms with Gasteiger partial charge in [-0.15, -0.1) is 11.6 Å². The number of rotatable bonds is 8. The fourth-order valence-electron chi connectivity index (χ4n) is 5.69. The van der Waals surface area contributed by atoms with Gasteiger partial charge in [0.25, 0.3) is 0 Å². The van der Waals surface area contributed by atoms with Gasteiger partial charge in [-0.1, -0.05) is 6.08 Å². The molecule has 2 aliphatic carbocycles. The van der Waals surface area contributed by atoms with Crippen molar-refractivity contribution in [3.05, 3.63) is 12.2 Å². The molecule has 4 fully saturated rings. The van der Waals surface area contributed by atoms with Crippen LogP contribution in [0.3, 0.4) is 0 Å². The quantitative estimate of drug-likeness (QED) is 0.293. The average molecular weight is 502 g/mol. The summed E-state index contributed by atoms with van der Waals surface area (Å²) in [6.45, 7) is 2.75. The van der Waals surface area contributed by atoms with E-state index in [-0.39, 0.29) is 48.3 Å². The lowest BCUT2D eigenvalue weighted by Crippen LogP contribution is -2.69. The first-order chi connectivity index (χ1) is 16.4. The monoisotopic (exact) mass is 501 g/mol. The van der Waals surface area contributed by atoms with Crippen LogP contribution in [0.2, 0.25) is 0 Å². The molecule has 1 amide bonds. The summed E-state index contributed by atoms with van der Waals surface area (Å²) >= 11 is 6.23. The van der Waals surface area contributed by atoms with Gasteiger partial charge in [0.15, 0.2) is 0 Å². The number of nitrogens with zero attached hydrogens (tertiary/aromatic N) is 1. The zero-order valence-corrected chi connectivity index (χ0v) is 21.1. The molecule has 2 saturated heterocycles. The van der Waals surface area contributed by atoms with E-state index in [1.165, 1.54) is 0 Å². The molecule has 9 atom stereocenters. The minimum Gasteiger partial charge on any atom is -0.379 e. The van der Waals surface area contributed by atoms with Crippen molar-refractivity contribution >= 4 is 17.5 Å². The molecule has 0 aromatic rings. The van der Waals surface area contributed by atoms with Crippen molar-refractivity contribution in [2.24, 2.45) is 5.92 Å². The number of carbonyl (C=O) groups excluding carboxylic acids is 1. The van der Waals surface area contributed by atoms with Crippen molar-refractivity contribution in [3.8, 4) is 0 Å². The number of fused-ring (bicyclic) bond motifs is 1. The molecule has 0 aromatic carbocycles. The number of nitrogens with one attached hydrogen (secondary N) is 4. The number of amides is 1. The van der Waals surface area contributed by atoms with Gasteiger partial charge in [0.1, 0.15) is 6.17 Å². The summed E-state index contributed by atoms with van der Waals surface area (Å²) < 4.78 is 25.8. The first kappa shape index (κ1) is 26.3. The van der Waals surface area contributed by atoms with Crippen molar-refractivity contribution in [2.75, 3.05) is 40.5 Å². The third-order valence-electron chi connectivity index (χ3n) is 7.52. The highest BCUT2D eigenvalue weighted by atomic mass is 35.5. The molecule has 4 N–H and O–H groups in total. The van der Waals surface area contributed by atoms with Crippen LogP contribution in [0.1, 0.15) is 38.5 Å². The van der Waals surface area contributed by atoms with E-state index in [1.807, 2.05) is 25.1 Å². The predicted octanol–water partition coefficient (Wildman–Crippen LogP) is 1.11. The van der Waals surface area contributed by atoms with E-state index < -0.39 is 11.5 Å². The SMILES string of the molecule is CN(C)C/C=C/C(=O)NC1CC2C(CC1OC1CCOC1)NCNC2NC1CCC(F)C(Cl)C1. The van der Waals surface area contributed by atoms with E-state index in [4.69, 9.17) is 21.1 Å². The van der Waals surface area contributed by atoms with Crippen molar-refractivity contribution in [2.45, 2.75) is 86.6 Å². The van der Waals surface area contributed by atoms with Gasteiger partial charge in [-0.05, 0) is 52.6 Å². The van der Waals surface area contributed by atoms with Gasteiger partial charge < -0.3 is 25.0 Å². The fourth-order valence-corrected chi connectivity index (χ4v) is 6.03. The summed E-state index contributed by atoms with van der Waals surface area (Å²) in [6.07, 6.45) is 7.09. The first-order valence-corrected chi connectivity index (χ1v) is 13.2. The summed E-state index contributed by atoms with van der Waals surface area (Å²) in [5, 5.41) is 13.7. The summed E-state index contributed by atoms with van der Waals surface area (Å²) in [6, 6.07) is 0.372. The normalized spacial score (nSPS) is 41.0. The molecule has 2 aliphatic heterocycles. The highest BCUT2D eigenvalue weighted by molar-refractivity contribution is 6.21. The zero-order valence-electron chi connectivity index (χ0n) is 20.3. The molecular weight excluding hydrogens is 461 g/mol. The van der Waals surface area contributed by atoms with Gasteiger partial charge in [-0.3, -0.25) is 15.4 Å². The van der Waals surface area contributed by atoms with Crippen molar-refractivity contribution in [3.63, 3.8) is 0 Å². The number of alkyl halides is 2. The third kappa shape index (κ3) is 7.12. The van der Waals surface area contributed by atoms with Crippen LogP contribution in [-0.2, 0) is 14.3 Å². The van der Waals surface area contributed by atoms with E-state index in [2.05, 4.69) is 21.3 Å². The fraction of sp³-hybridized carbons (Fsp3) is 0.875. The molecule has 9 unspecified atom stereocenters. The van der Waals surface area contributed by atoms with Crippen LogP contribution < -0.4 is 21.3 Å². The molecule has 0 aromatic heterocycles. The van der Waals surface area contributed by atoms with Gasteiger partial charge >= 0.3 is 0 Å². The average Bonchev–Trinajstić information content (AvgIpc) is 3.30. The molecule has 0 bridgehead atoms. The molecule has 0 radical (unpaired) electrons. The minimum atomic E-state index is -0.916. The van der Waals surface area contributed by atoms with Crippen molar-refractivity contribution < 1.29 is 18.7 Å². The van der Waals surface area contributed by atoms with E-state index in [0.29, 0.717) is 32.7 Å². The Morgan fingerprint density at radius 2 is 2.09 bits per heavy atom.